The lowest BCUT2D eigenvalue weighted by atomic mass is 9.96. The zero-order chi connectivity index (χ0) is 17.8. The number of nitrogens with zero attached hydrogens (tertiary/aromatic N) is 2. The molecule has 0 saturated carbocycles. The van der Waals surface area contributed by atoms with Crippen molar-refractivity contribution < 1.29 is 14.3 Å². The van der Waals surface area contributed by atoms with Crippen LogP contribution in [-0.4, -0.2) is 35.4 Å². The smallest absolute Gasteiger partial charge is 0.339 e. The van der Waals surface area contributed by atoms with E-state index in [0.717, 1.165) is 17.5 Å². The quantitative estimate of drug-likeness (QED) is 0.804. The number of carbonyl (C=O) groups is 2. The molecule has 3 rings (SSSR count). The van der Waals surface area contributed by atoms with E-state index in [-0.39, 0.29) is 11.9 Å². The van der Waals surface area contributed by atoms with Crippen LogP contribution < -0.4 is 0 Å². The SMILES string of the molecule is COC(=O)c1cncc2c1CCN(C(=O)CCc1cccc(C)c1)C2. The predicted molar refractivity (Wildman–Crippen MR) is 94.2 cm³/mol. The van der Waals surface area contributed by atoms with Crippen LogP contribution in [-0.2, 0) is 28.9 Å². The molecule has 0 spiro atoms. The van der Waals surface area contributed by atoms with Crippen LogP contribution in [0.4, 0.5) is 0 Å². The summed E-state index contributed by atoms with van der Waals surface area (Å²) in [6, 6.07) is 8.24. The summed E-state index contributed by atoms with van der Waals surface area (Å²) < 4.78 is 4.81. The fourth-order valence-corrected chi connectivity index (χ4v) is 3.27. The maximum absolute atomic E-state index is 12.6. The molecule has 0 saturated heterocycles. The Kier molecular flexibility index (Phi) is 5.12. The number of amides is 1. The highest BCUT2D eigenvalue weighted by Crippen LogP contribution is 2.23. The number of carbonyl (C=O) groups excluding carboxylic acids is 2. The number of fused-ring (bicyclic) bond motifs is 1. The molecule has 0 unspecified atom stereocenters. The first-order chi connectivity index (χ1) is 12.1. The molecule has 5 heteroatoms. The number of aryl methyl sites for hydroxylation is 2. The van der Waals surface area contributed by atoms with Gasteiger partial charge in [-0.05, 0) is 36.5 Å². The molecular formula is C20H22N2O3. The standard InChI is InChI=1S/C20H22N2O3/c1-14-4-3-5-15(10-14)6-7-19(23)22-9-8-17-16(13-22)11-21-12-18(17)20(24)25-2/h3-5,10-12H,6-9,13H2,1-2H3. The summed E-state index contributed by atoms with van der Waals surface area (Å²) in [4.78, 5) is 30.4. The maximum Gasteiger partial charge on any atom is 0.339 e. The van der Waals surface area contributed by atoms with Crippen molar-refractivity contribution in [3.05, 3.63) is 64.5 Å². The minimum absolute atomic E-state index is 0.135. The van der Waals surface area contributed by atoms with Crippen LogP contribution in [0.2, 0.25) is 0 Å². The fraction of sp³-hybridized carbons (Fsp3) is 0.350. The van der Waals surface area contributed by atoms with Gasteiger partial charge < -0.3 is 9.64 Å². The summed E-state index contributed by atoms with van der Waals surface area (Å²) >= 11 is 0. The van der Waals surface area contributed by atoms with E-state index in [2.05, 4.69) is 30.1 Å². The first-order valence-electron chi connectivity index (χ1n) is 8.46. The third kappa shape index (κ3) is 3.87. The van der Waals surface area contributed by atoms with Crippen LogP contribution in [0.15, 0.2) is 36.7 Å². The van der Waals surface area contributed by atoms with Gasteiger partial charge in [0.15, 0.2) is 0 Å². The van der Waals surface area contributed by atoms with Gasteiger partial charge in [0.1, 0.15) is 0 Å². The molecule has 1 aliphatic heterocycles. The number of pyridine rings is 1. The number of aromatic nitrogens is 1. The molecule has 1 amide bonds. The van der Waals surface area contributed by atoms with E-state index in [4.69, 9.17) is 4.74 Å². The van der Waals surface area contributed by atoms with Crippen molar-refractivity contribution in [2.24, 2.45) is 0 Å². The van der Waals surface area contributed by atoms with Gasteiger partial charge in [0, 0.05) is 31.9 Å². The molecule has 2 aromatic rings. The first-order valence-corrected chi connectivity index (χ1v) is 8.46. The molecule has 0 bridgehead atoms. The lowest BCUT2D eigenvalue weighted by Crippen LogP contribution is -2.36. The van der Waals surface area contributed by atoms with Crippen molar-refractivity contribution >= 4 is 11.9 Å². The molecule has 0 N–H and O–H groups in total. The van der Waals surface area contributed by atoms with E-state index < -0.39 is 0 Å². The minimum Gasteiger partial charge on any atom is -0.465 e. The Labute approximate surface area is 147 Å². The molecule has 25 heavy (non-hydrogen) atoms. The Morgan fingerprint density at radius 1 is 1.28 bits per heavy atom. The number of methoxy groups -OCH3 is 1. The van der Waals surface area contributed by atoms with Gasteiger partial charge in [0.05, 0.1) is 12.7 Å². The molecule has 0 fully saturated rings. The van der Waals surface area contributed by atoms with Gasteiger partial charge in [0.2, 0.25) is 5.91 Å². The molecule has 0 aliphatic carbocycles. The Morgan fingerprint density at radius 2 is 2.12 bits per heavy atom. The average Bonchev–Trinajstić information content (AvgIpc) is 2.64. The molecule has 1 aliphatic rings. The van der Waals surface area contributed by atoms with Crippen molar-refractivity contribution in [2.75, 3.05) is 13.7 Å². The van der Waals surface area contributed by atoms with Crippen molar-refractivity contribution in [3.8, 4) is 0 Å². The van der Waals surface area contributed by atoms with Crippen LogP contribution in [0, 0.1) is 6.92 Å². The molecule has 2 heterocycles. The normalized spacial score (nSPS) is 13.3. The molecule has 5 nitrogen and oxygen atoms in total. The topological polar surface area (TPSA) is 59.5 Å². The second-order valence-electron chi connectivity index (χ2n) is 6.37. The maximum atomic E-state index is 12.6. The minimum atomic E-state index is -0.372. The summed E-state index contributed by atoms with van der Waals surface area (Å²) in [7, 11) is 1.37. The lowest BCUT2D eigenvalue weighted by Gasteiger charge is -2.29. The Balaban J connectivity index is 1.66. The van der Waals surface area contributed by atoms with Gasteiger partial charge in [-0.15, -0.1) is 0 Å². The monoisotopic (exact) mass is 338 g/mol. The number of esters is 1. The van der Waals surface area contributed by atoms with Crippen molar-refractivity contribution in [1.82, 2.24) is 9.88 Å². The van der Waals surface area contributed by atoms with Crippen molar-refractivity contribution in [2.45, 2.75) is 32.7 Å². The molecular weight excluding hydrogens is 316 g/mol. The molecule has 1 aromatic heterocycles. The van der Waals surface area contributed by atoms with E-state index >= 15 is 0 Å². The lowest BCUT2D eigenvalue weighted by molar-refractivity contribution is -0.132. The summed E-state index contributed by atoms with van der Waals surface area (Å²) in [6.45, 7) is 3.17. The Bertz CT molecular complexity index is 801. The van der Waals surface area contributed by atoms with E-state index in [0.29, 0.717) is 31.5 Å². The van der Waals surface area contributed by atoms with Gasteiger partial charge in [0.25, 0.3) is 0 Å². The highest BCUT2D eigenvalue weighted by atomic mass is 16.5. The van der Waals surface area contributed by atoms with Crippen molar-refractivity contribution in [1.29, 1.82) is 0 Å². The van der Waals surface area contributed by atoms with Crippen LogP contribution in [0.5, 0.6) is 0 Å². The summed E-state index contributed by atoms with van der Waals surface area (Å²) in [5.74, 6) is -0.237. The third-order valence-electron chi connectivity index (χ3n) is 4.61. The number of benzene rings is 1. The summed E-state index contributed by atoms with van der Waals surface area (Å²) in [5, 5.41) is 0. The number of ether oxygens (including phenoxy) is 1. The van der Waals surface area contributed by atoms with E-state index in [1.54, 1.807) is 12.4 Å². The zero-order valence-electron chi connectivity index (χ0n) is 14.6. The van der Waals surface area contributed by atoms with E-state index in [9.17, 15) is 9.59 Å². The Morgan fingerprint density at radius 3 is 2.88 bits per heavy atom. The predicted octanol–water partition coefficient (Wildman–Crippen LogP) is 2.69. The van der Waals surface area contributed by atoms with Crippen molar-refractivity contribution in [3.63, 3.8) is 0 Å². The number of hydrogen-bond acceptors (Lipinski definition) is 4. The van der Waals surface area contributed by atoms with Crippen LogP contribution in [0.3, 0.4) is 0 Å². The van der Waals surface area contributed by atoms with Gasteiger partial charge in [-0.3, -0.25) is 9.78 Å². The number of rotatable bonds is 4. The third-order valence-corrected chi connectivity index (χ3v) is 4.61. The average molecular weight is 338 g/mol. The first kappa shape index (κ1) is 17.1. The van der Waals surface area contributed by atoms with Crippen LogP contribution in [0.25, 0.3) is 0 Å². The second kappa shape index (κ2) is 7.47. The van der Waals surface area contributed by atoms with Crippen LogP contribution in [0.1, 0.15) is 39.0 Å². The zero-order valence-corrected chi connectivity index (χ0v) is 14.6. The summed E-state index contributed by atoms with van der Waals surface area (Å²) in [6.07, 6.45) is 5.16. The molecule has 0 atom stereocenters. The van der Waals surface area contributed by atoms with Gasteiger partial charge in [-0.2, -0.15) is 0 Å². The van der Waals surface area contributed by atoms with E-state index in [1.807, 2.05) is 11.0 Å². The largest absolute Gasteiger partial charge is 0.465 e. The highest BCUT2D eigenvalue weighted by molar-refractivity contribution is 5.91. The second-order valence-corrected chi connectivity index (χ2v) is 6.37. The van der Waals surface area contributed by atoms with Gasteiger partial charge in [-0.1, -0.05) is 29.8 Å². The van der Waals surface area contributed by atoms with Gasteiger partial charge in [-0.25, -0.2) is 4.79 Å². The Hall–Kier alpha value is -2.69. The summed E-state index contributed by atoms with van der Waals surface area (Å²) in [5.41, 5.74) is 4.77. The van der Waals surface area contributed by atoms with Crippen LogP contribution >= 0.6 is 0 Å². The van der Waals surface area contributed by atoms with E-state index in [1.165, 1.54) is 18.2 Å². The highest BCUT2D eigenvalue weighted by Gasteiger charge is 2.24. The number of hydrogen-bond donors (Lipinski definition) is 0. The van der Waals surface area contributed by atoms with Gasteiger partial charge >= 0.3 is 5.97 Å². The molecule has 1 aromatic carbocycles. The molecule has 130 valence electrons. The molecule has 0 radical (unpaired) electrons. The fourth-order valence-electron chi connectivity index (χ4n) is 3.27.